The van der Waals surface area contributed by atoms with Crippen LogP contribution in [-0.2, 0) is 29.3 Å². The maximum absolute atomic E-state index is 14.5. The van der Waals surface area contributed by atoms with E-state index in [-0.39, 0.29) is 36.6 Å². The number of hydrogen-bond acceptors (Lipinski definition) is 7. The highest BCUT2D eigenvalue weighted by Crippen LogP contribution is 2.43. The molecule has 0 aliphatic carbocycles. The van der Waals surface area contributed by atoms with Crippen molar-refractivity contribution in [3.63, 3.8) is 0 Å². The minimum atomic E-state index is -0.995. The quantitative estimate of drug-likeness (QED) is 0.435. The van der Waals surface area contributed by atoms with Crippen molar-refractivity contribution in [2.24, 2.45) is 5.16 Å². The van der Waals surface area contributed by atoms with Crippen LogP contribution >= 0.6 is 11.6 Å². The van der Waals surface area contributed by atoms with E-state index in [0.717, 1.165) is 22.9 Å². The molecule has 2 unspecified atom stereocenters. The van der Waals surface area contributed by atoms with Crippen molar-refractivity contribution in [1.29, 1.82) is 0 Å². The highest BCUT2D eigenvalue weighted by atomic mass is 35.5. The third kappa shape index (κ3) is 6.20. The first-order valence-electron chi connectivity index (χ1n) is 13.0. The molecule has 12 heteroatoms. The number of anilines is 1. The first-order valence-corrected chi connectivity index (χ1v) is 13.4. The van der Waals surface area contributed by atoms with Gasteiger partial charge >= 0.3 is 0 Å². The number of allylic oxidation sites excluding steroid dienone is 1. The summed E-state index contributed by atoms with van der Waals surface area (Å²) in [5.41, 5.74) is 1.35. The average Bonchev–Trinajstić information content (AvgIpc) is 3.49. The second-order valence-corrected chi connectivity index (χ2v) is 10.3. The molecule has 2 aromatic rings. The molecule has 2 heterocycles. The molecule has 0 saturated heterocycles. The van der Waals surface area contributed by atoms with E-state index < -0.39 is 29.1 Å². The van der Waals surface area contributed by atoms with E-state index in [2.05, 4.69) is 15.8 Å². The molecule has 41 heavy (non-hydrogen) atoms. The predicted molar refractivity (Wildman–Crippen MR) is 151 cm³/mol. The van der Waals surface area contributed by atoms with Crippen molar-refractivity contribution in [2.75, 3.05) is 39.8 Å². The summed E-state index contributed by atoms with van der Waals surface area (Å²) in [6, 6.07) is 8.15. The maximum atomic E-state index is 14.5. The third-order valence-electron chi connectivity index (χ3n) is 7.25. The molecular weight excluding hydrogens is 555 g/mol. The van der Waals surface area contributed by atoms with Gasteiger partial charge in [-0.1, -0.05) is 22.8 Å². The Kier molecular flexibility index (Phi) is 9.29. The first-order chi connectivity index (χ1) is 19.6. The number of benzene rings is 2. The number of rotatable bonds is 10. The second-order valence-electron chi connectivity index (χ2n) is 9.88. The Balaban J connectivity index is 1.68. The van der Waals surface area contributed by atoms with Crippen LogP contribution in [0.25, 0.3) is 0 Å². The summed E-state index contributed by atoms with van der Waals surface area (Å²) in [5, 5.41) is 9.66. The van der Waals surface area contributed by atoms with E-state index in [1.54, 1.807) is 12.1 Å². The van der Waals surface area contributed by atoms with Crippen LogP contribution in [0.1, 0.15) is 47.7 Å². The number of hydrogen-bond donors (Lipinski definition) is 2. The molecule has 2 aliphatic heterocycles. The molecule has 0 saturated carbocycles. The van der Waals surface area contributed by atoms with Crippen LogP contribution in [0.5, 0.6) is 0 Å². The van der Waals surface area contributed by atoms with E-state index in [9.17, 15) is 18.8 Å². The van der Waals surface area contributed by atoms with Crippen molar-refractivity contribution in [3.8, 4) is 0 Å². The Labute approximate surface area is 242 Å². The zero-order chi connectivity index (χ0) is 29.7. The largest absolute Gasteiger partial charge is 0.499 e. The molecule has 0 bridgehead atoms. The molecule has 2 atom stereocenters. The number of carbonyl (C=O) groups is 3. The van der Waals surface area contributed by atoms with Crippen molar-refractivity contribution < 1.29 is 33.1 Å². The molecule has 2 N–H and O–H groups in total. The van der Waals surface area contributed by atoms with Crippen molar-refractivity contribution in [3.05, 3.63) is 75.9 Å². The Morgan fingerprint density at radius 1 is 1.24 bits per heavy atom. The molecule has 0 radical (unpaired) electrons. The molecule has 10 nitrogen and oxygen atoms in total. The number of nitrogens with zero attached hydrogens (tertiary/aromatic N) is 2. The van der Waals surface area contributed by atoms with Crippen LogP contribution in [0.15, 0.2) is 53.5 Å². The summed E-state index contributed by atoms with van der Waals surface area (Å²) in [6.45, 7) is 2.52. The van der Waals surface area contributed by atoms with Crippen LogP contribution in [-0.4, -0.2) is 68.9 Å². The smallest absolute Gasteiger partial charge is 0.253 e. The summed E-state index contributed by atoms with van der Waals surface area (Å²) in [4.78, 5) is 45.6. The lowest BCUT2D eigenvalue weighted by Gasteiger charge is -2.41. The molecule has 2 aliphatic rings. The zero-order valence-electron chi connectivity index (χ0n) is 23.3. The van der Waals surface area contributed by atoms with Crippen molar-refractivity contribution >= 4 is 40.7 Å². The van der Waals surface area contributed by atoms with Gasteiger partial charge in [0.2, 0.25) is 11.8 Å². The monoisotopic (exact) mass is 586 g/mol. The minimum Gasteiger partial charge on any atom is -0.499 e. The van der Waals surface area contributed by atoms with E-state index in [1.165, 1.54) is 44.5 Å². The second kappa shape index (κ2) is 12.7. The van der Waals surface area contributed by atoms with Gasteiger partial charge in [0.1, 0.15) is 24.2 Å². The van der Waals surface area contributed by atoms with Gasteiger partial charge in [-0.2, -0.15) is 0 Å². The fraction of sp³-hybridized carbons (Fsp3) is 0.379. The highest BCUT2D eigenvalue weighted by Gasteiger charge is 2.45. The highest BCUT2D eigenvalue weighted by molar-refractivity contribution is 6.30. The Hall–Kier alpha value is -3.96. The van der Waals surface area contributed by atoms with Crippen LogP contribution in [0.3, 0.4) is 0 Å². The van der Waals surface area contributed by atoms with Crippen LogP contribution < -0.4 is 10.6 Å². The number of oxime groups is 1. The van der Waals surface area contributed by atoms with Gasteiger partial charge in [0.15, 0.2) is 0 Å². The van der Waals surface area contributed by atoms with Gasteiger partial charge in [-0.25, -0.2) is 4.39 Å². The van der Waals surface area contributed by atoms with E-state index in [0.29, 0.717) is 23.8 Å². The minimum absolute atomic E-state index is 0.0274. The number of ether oxygens (including phenoxy) is 2. The lowest BCUT2D eigenvalue weighted by atomic mass is 9.73. The molecule has 3 amide bonds. The summed E-state index contributed by atoms with van der Waals surface area (Å²) in [7, 11) is 4.38. The number of carbonyl (C=O) groups excluding carboxylic acids is 3. The fourth-order valence-electron chi connectivity index (χ4n) is 5.07. The molecule has 0 spiro atoms. The summed E-state index contributed by atoms with van der Waals surface area (Å²) in [5.74, 6) is -1.83. The van der Waals surface area contributed by atoms with Gasteiger partial charge in [0.25, 0.3) is 5.91 Å². The molecular formula is C29H32ClFN4O6. The van der Waals surface area contributed by atoms with E-state index in [1.807, 2.05) is 13.0 Å². The van der Waals surface area contributed by atoms with Gasteiger partial charge < -0.3 is 29.8 Å². The standard InChI is InChI=1S/C29H32ClFN4O6/c1-29(21-13-17(30)5-7-19(21)23-9-12-41-34-23)15-26(36)35(16-25(29)40-4)24(10-11-39-3)28(38)33-18-6-8-20(22(31)14-18)27(37)32-2/h5-8,13-14,16,24H,9-12,15H2,1-4H3,(H,32,37)(H,33,38). The van der Waals surface area contributed by atoms with E-state index >= 15 is 0 Å². The summed E-state index contributed by atoms with van der Waals surface area (Å²) < 4.78 is 25.5. The van der Waals surface area contributed by atoms with Crippen LogP contribution in [0, 0.1) is 5.82 Å². The van der Waals surface area contributed by atoms with Crippen molar-refractivity contribution in [1.82, 2.24) is 10.2 Å². The van der Waals surface area contributed by atoms with Gasteiger partial charge in [-0.15, -0.1) is 0 Å². The van der Waals surface area contributed by atoms with Crippen LogP contribution in [0.2, 0.25) is 5.02 Å². The predicted octanol–water partition coefficient (Wildman–Crippen LogP) is 3.98. The molecule has 0 fully saturated rings. The average molecular weight is 587 g/mol. The number of methoxy groups -OCH3 is 2. The topological polar surface area (TPSA) is 119 Å². The number of amides is 3. The Morgan fingerprint density at radius 3 is 2.66 bits per heavy atom. The Bertz CT molecular complexity index is 1410. The first kappa shape index (κ1) is 30.0. The molecule has 2 aromatic carbocycles. The van der Waals surface area contributed by atoms with Gasteiger partial charge in [0.05, 0.1) is 23.8 Å². The number of nitrogens with one attached hydrogen (secondary N) is 2. The summed E-state index contributed by atoms with van der Waals surface area (Å²) in [6.07, 6.45) is 2.27. The zero-order valence-corrected chi connectivity index (χ0v) is 24.0. The van der Waals surface area contributed by atoms with Gasteiger partial charge in [-0.05, 0) is 42.8 Å². The summed E-state index contributed by atoms with van der Waals surface area (Å²) >= 11 is 6.39. The molecule has 0 aromatic heterocycles. The third-order valence-corrected chi connectivity index (χ3v) is 7.48. The number of halogens is 2. The van der Waals surface area contributed by atoms with Gasteiger partial charge in [0, 0.05) is 62.5 Å². The molecule has 218 valence electrons. The SMILES string of the molecule is CNC(=O)c1ccc(NC(=O)C(CCOC)N2C=C(OC)C(C)(c3cc(Cl)ccc3C3=NOCC3)CC2=O)cc1F. The van der Waals surface area contributed by atoms with E-state index in [4.69, 9.17) is 25.9 Å². The van der Waals surface area contributed by atoms with Crippen LogP contribution in [0.4, 0.5) is 10.1 Å². The Morgan fingerprint density at radius 2 is 2.02 bits per heavy atom. The van der Waals surface area contributed by atoms with Crippen molar-refractivity contribution in [2.45, 2.75) is 37.6 Å². The lowest BCUT2D eigenvalue weighted by Crippen LogP contribution is -2.50. The lowest BCUT2D eigenvalue weighted by molar-refractivity contribution is -0.138. The molecule has 4 rings (SSSR count). The van der Waals surface area contributed by atoms with Gasteiger partial charge in [-0.3, -0.25) is 14.4 Å². The normalized spacial score (nSPS) is 19.2. The maximum Gasteiger partial charge on any atom is 0.253 e. The fourth-order valence-corrected chi connectivity index (χ4v) is 5.25.